The fourth-order valence-electron chi connectivity index (χ4n) is 25.6. The Morgan fingerprint density at radius 1 is 0.0828 bits per heavy atom. The summed E-state index contributed by atoms with van der Waals surface area (Å²) < 4.78 is 0. The van der Waals surface area contributed by atoms with Gasteiger partial charge in [-0.3, -0.25) is 0 Å². The van der Waals surface area contributed by atoms with Crippen LogP contribution in [0.2, 0.25) is 0 Å². The van der Waals surface area contributed by atoms with Gasteiger partial charge in [0.2, 0.25) is 0 Å². The number of hydrogen-bond donors (Lipinski definition) is 0. The maximum atomic E-state index is 2.38. The molecule has 0 amide bonds. The van der Waals surface area contributed by atoms with Crippen molar-refractivity contribution < 1.29 is 0 Å². The minimum absolute atomic E-state index is 1.33. The Bertz CT molecular complexity index is 8430. The summed E-state index contributed by atoms with van der Waals surface area (Å²) >= 11 is 0. The second-order valence-electron chi connectivity index (χ2n) is 45.0. The van der Waals surface area contributed by atoms with Gasteiger partial charge in [-0.05, 0) is 719 Å². The van der Waals surface area contributed by atoms with Gasteiger partial charge in [0.1, 0.15) is 0 Å². The maximum absolute atomic E-state index is 2.38. The highest BCUT2D eigenvalue weighted by molar-refractivity contribution is 6.13. The van der Waals surface area contributed by atoms with E-state index in [1.807, 2.05) is 0 Å². The van der Waals surface area contributed by atoms with Crippen molar-refractivity contribution in [1.29, 1.82) is 0 Å². The molecule has 20 aromatic carbocycles. The van der Waals surface area contributed by atoms with Gasteiger partial charge in [0.05, 0.1) is 0 Å². The van der Waals surface area contributed by atoms with E-state index in [0.717, 1.165) is 0 Å². The van der Waals surface area contributed by atoms with Gasteiger partial charge in [-0.2, -0.15) is 0 Å². The molecule has 145 heavy (non-hydrogen) atoms. The second kappa shape index (κ2) is 42.5. The summed E-state index contributed by atoms with van der Waals surface area (Å²) in [5.41, 5.74) is 69.3. The Balaban J connectivity index is 0.000000139. The number of fused-ring (bicyclic) bond motifs is 12. The lowest BCUT2D eigenvalue weighted by Crippen LogP contribution is -2.01. The van der Waals surface area contributed by atoms with Crippen molar-refractivity contribution in [1.82, 2.24) is 0 Å². The molecule has 0 saturated carbocycles. The van der Waals surface area contributed by atoms with Gasteiger partial charge in [-0.25, -0.2) is 0 Å². The van der Waals surface area contributed by atoms with E-state index in [1.54, 1.807) is 0 Å². The molecule has 0 saturated heterocycles. The molecule has 0 atom stereocenters. The lowest BCUT2D eigenvalue weighted by Gasteiger charge is -2.21. The van der Waals surface area contributed by atoms with Crippen LogP contribution < -0.4 is 0 Å². The van der Waals surface area contributed by atoms with Crippen molar-refractivity contribution in [2.24, 2.45) is 0 Å². The molecule has 0 aromatic heterocycles. The first-order valence-corrected chi connectivity index (χ1v) is 53.3. The van der Waals surface area contributed by atoms with Crippen LogP contribution in [0, 0.1) is 339 Å². The van der Waals surface area contributed by atoms with Gasteiger partial charge in [0.25, 0.3) is 0 Å². The van der Waals surface area contributed by atoms with Crippen LogP contribution in [0.5, 0.6) is 0 Å². The summed E-state index contributed by atoms with van der Waals surface area (Å²) in [5, 5.41) is 34.5. The van der Waals surface area contributed by atoms with Crippen LogP contribution in [0.15, 0.2) is 140 Å². The zero-order chi connectivity index (χ0) is 107. The van der Waals surface area contributed by atoms with Crippen LogP contribution >= 0.6 is 0 Å². The molecule has 0 unspecified atom stereocenters. The number of rotatable bonds is 0. The lowest BCUT2D eigenvalue weighted by atomic mass is 9.83. The molecule has 20 rings (SSSR count). The van der Waals surface area contributed by atoms with E-state index >= 15 is 0 Å². The molecule has 0 fully saturated rings. The number of hydrogen-bond acceptors (Lipinski definition) is 0. The van der Waals surface area contributed by atoms with E-state index in [-0.39, 0.29) is 0 Å². The normalized spacial score (nSPS) is 11.3. The van der Waals surface area contributed by atoms with Gasteiger partial charge in [-0.1, -0.05) is 162 Å². The summed E-state index contributed by atoms with van der Waals surface area (Å²) in [4.78, 5) is 0. The summed E-state index contributed by atoms with van der Waals surface area (Å²) in [7, 11) is 0. The van der Waals surface area contributed by atoms with Crippen molar-refractivity contribution in [2.45, 2.75) is 339 Å². The number of benzene rings is 20. The van der Waals surface area contributed by atoms with Gasteiger partial charge in [0.15, 0.2) is 0 Å². The van der Waals surface area contributed by atoms with Crippen molar-refractivity contribution in [3.63, 3.8) is 0 Å². The summed E-state index contributed by atoms with van der Waals surface area (Å²) in [6, 6.07) is 52.3. The summed E-state index contributed by atoms with van der Waals surface area (Å²) in [5.74, 6) is 0. The minimum Gasteiger partial charge on any atom is -0.0614 e. The highest BCUT2D eigenvalue weighted by Gasteiger charge is 2.24. The molecule has 0 nitrogen and oxygen atoms in total. The average Bonchev–Trinajstić information content (AvgIpc) is 0.716. The van der Waals surface area contributed by atoms with Gasteiger partial charge in [0, 0.05) is 0 Å². The second-order valence-corrected chi connectivity index (χ2v) is 45.0. The van der Waals surface area contributed by atoms with Gasteiger partial charge >= 0.3 is 0 Å². The first kappa shape index (κ1) is 110. The molecule has 0 aliphatic rings. The fraction of sp³-hybridized carbons (Fsp3) is 0.338. The SMILES string of the molecule is Cc1c(C)c(C)c2c(C)c(C)c(C)c(C)c2c1C.Cc1cc(C)c2c(C)c(C)c(C)c(C)c2c1C.Cc1cc(C)c2c(C)c3c(C)cc(C)cc3c(C)c2c1.Cc1cc(C)c2c(C)cc(C)c(C)c2c1C.Cc1cc(C)c2c(C)ccc(C)c2c1C.Cc1cc2c(C)c3cc(C)c(C)c(C)c3c(C)c2c(C)c1C.Cc1ccc2c(C)c3ccc(C)cc3c(C)c2c1.Cc1cccc2c(C)c3c(C)ccc(C)c3c(C)c12. The minimum atomic E-state index is 1.33. The van der Waals surface area contributed by atoms with Crippen LogP contribution in [0.1, 0.15) is 273 Å². The molecule has 0 radical (unpaired) electrons. The van der Waals surface area contributed by atoms with E-state index in [1.165, 1.54) is 402 Å². The standard InChI is InChI=1S/C22H26.C20H22.C19H20.C18H18.C18H24.C17H22.C16H20.C15H18/c1-11-9-19-17(7)20-10-12(2)14(4)16(6)22(20)18(8)21(19)15(5)13(11)3;1-11-7-13(3)19-16(6)20-14(4)8-12(2)10-18(20)15(5)17(19)9-11;1-11-7-6-8-16-14(4)18-12(2)9-10-13(3)19(18)15(5)17(11)16;1-11-5-7-15-13(3)16-8-6-12(2)10-18(16)14(4)17(15)9-11;1-9-10(2)14(6)18-16(8)12(4)11(3)15(7)17(18)13(9)5;1-9-8-10(2)16-14(6)12(4)13(5)15(7)17(16)11(9)3;1-9-7-11(3)15-12(4)8-10(2)14(6)16(15)13(9)5;1-9-6-7-10(2)15-13(5)11(3)8-12(4)14(9)15/h9-10H,1-8H3;7-10H,1-6H3;6-10H,1-5H3;5-10H,1-4H3;1-8H3;8H,1-7H3;7-8H,1-6H3;6-8H,1-5H3. The summed E-state index contributed by atoms with van der Waals surface area (Å²) in [6.45, 7) is 110. The first-order valence-electron chi connectivity index (χ1n) is 53.3. The molecule has 0 spiro atoms. The third kappa shape index (κ3) is 19.8. The number of aryl methyl sites for hydroxylation is 41. The molecule has 20 aromatic rings. The zero-order valence-corrected chi connectivity index (χ0v) is 98.8. The van der Waals surface area contributed by atoms with Crippen LogP contribution in [0.3, 0.4) is 0 Å². The Hall–Kier alpha value is -12.5. The monoisotopic (exact) mass is 1910 g/mol. The quantitative estimate of drug-likeness (QED) is 0.133. The van der Waals surface area contributed by atoms with Crippen molar-refractivity contribution in [3.05, 3.63) is 412 Å². The molecule has 0 heterocycles. The molecule has 0 bridgehead atoms. The Kier molecular flexibility index (Phi) is 32.2. The largest absolute Gasteiger partial charge is 0.0614 e. The van der Waals surface area contributed by atoms with E-state index in [0.29, 0.717) is 0 Å². The molecule has 750 valence electrons. The van der Waals surface area contributed by atoms with Crippen LogP contribution in [-0.2, 0) is 0 Å². The lowest BCUT2D eigenvalue weighted by molar-refractivity contribution is 1.20. The zero-order valence-electron chi connectivity index (χ0n) is 98.8. The van der Waals surface area contributed by atoms with Crippen molar-refractivity contribution >= 4 is 129 Å². The van der Waals surface area contributed by atoms with Crippen LogP contribution in [0.25, 0.3) is 129 Å². The fourth-order valence-corrected chi connectivity index (χ4v) is 25.6. The molecule has 0 N–H and O–H groups in total. The van der Waals surface area contributed by atoms with Crippen molar-refractivity contribution in [3.8, 4) is 0 Å². The predicted octanol–water partition coefficient (Wildman–Crippen LogP) is 42.4. The molecule has 0 aliphatic heterocycles. The van der Waals surface area contributed by atoms with Crippen LogP contribution in [0.4, 0.5) is 0 Å². The Labute approximate surface area is 874 Å². The Morgan fingerprint density at radius 2 is 0.297 bits per heavy atom. The van der Waals surface area contributed by atoms with E-state index in [9.17, 15) is 0 Å². The van der Waals surface area contributed by atoms with E-state index < -0.39 is 0 Å². The van der Waals surface area contributed by atoms with Crippen molar-refractivity contribution in [2.75, 3.05) is 0 Å². The molecular weight excluding hydrogens is 1740 g/mol. The van der Waals surface area contributed by atoms with Gasteiger partial charge in [-0.15, -0.1) is 0 Å². The van der Waals surface area contributed by atoms with Crippen LogP contribution in [-0.4, -0.2) is 0 Å². The highest BCUT2D eigenvalue weighted by atomic mass is 14.3. The Morgan fingerprint density at radius 3 is 0.655 bits per heavy atom. The van der Waals surface area contributed by atoms with E-state index in [2.05, 4.69) is 479 Å². The highest BCUT2D eigenvalue weighted by Crippen LogP contribution is 2.46. The maximum Gasteiger partial charge on any atom is -0.0113 e. The predicted molar refractivity (Wildman–Crippen MR) is 654 cm³/mol. The molecular formula is C145H170. The average molecular weight is 1910 g/mol. The topological polar surface area (TPSA) is 0 Å². The van der Waals surface area contributed by atoms with Gasteiger partial charge < -0.3 is 0 Å². The van der Waals surface area contributed by atoms with E-state index in [4.69, 9.17) is 0 Å². The third-order valence-corrected chi connectivity index (χ3v) is 35.6. The third-order valence-electron chi connectivity index (χ3n) is 35.6. The summed E-state index contributed by atoms with van der Waals surface area (Å²) in [6.07, 6.45) is 0. The smallest absolute Gasteiger partial charge is 0.0113 e. The molecule has 0 heteroatoms. The molecule has 0 aliphatic carbocycles. The first-order chi connectivity index (χ1) is 67.8.